The third kappa shape index (κ3) is 4.19. The maximum Gasteiger partial charge on any atom is 0.256 e. The highest BCUT2D eigenvalue weighted by atomic mass is 16.2. The van der Waals surface area contributed by atoms with E-state index in [4.69, 9.17) is 0 Å². The zero-order valence-corrected chi connectivity index (χ0v) is 16.8. The van der Waals surface area contributed by atoms with Crippen LogP contribution in [0.3, 0.4) is 0 Å². The van der Waals surface area contributed by atoms with Crippen LogP contribution in [0.15, 0.2) is 12.4 Å². The smallest absolute Gasteiger partial charge is 0.256 e. The minimum atomic E-state index is 0.0270. The molecule has 0 aliphatic carbocycles. The Hall–Kier alpha value is -2.02. The van der Waals surface area contributed by atoms with Crippen LogP contribution in [0.2, 0.25) is 0 Å². The molecule has 1 aromatic rings. The molecule has 0 aromatic carbocycles. The summed E-state index contributed by atoms with van der Waals surface area (Å²) in [6.45, 7) is 7.20. The molecule has 28 heavy (non-hydrogen) atoms. The van der Waals surface area contributed by atoms with E-state index in [0.717, 1.165) is 77.8 Å². The highest BCUT2D eigenvalue weighted by molar-refractivity contribution is 5.93. The quantitative estimate of drug-likeness (QED) is 0.792. The molecule has 7 heteroatoms. The molecule has 7 nitrogen and oxygen atoms in total. The Morgan fingerprint density at radius 3 is 2.25 bits per heavy atom. The zero-order chi connectivity index (χ0) is 19.5. The predicted molar refractivity (Wildman–Crippen MR) is 106 cm³/mol. The molecule has 152 valence electrons. The van der Waals surface area contributed by atoms with Crippen molar-refractivity contribution in [2.24, 2.45) is 5.92 Å². The Morgan fingerprint density at radius 2 is 1.57 bits per heavy atom. The van der Waals surface area contributed by atoms with Crippen molar-refractivity contribution < 1.29 is 9.59 Å². The van der Waals surface area contributed by atoms with Crippen LogP contribution >= 0.6 is 0 Å². The Balaban J connectivity index is 1.30. The van der Waals surface area contributed by atoms with Gasteiger partial charge in [-0.2, -0.15) is 0 Å². The van der Waals surface area contributed by atoms with Crippen molar-refractivity contribution in [1.82, 2.24) is 24.7 Å². The van der Waals surface area contributed by atoms with Crippen LogP contribution in [-0.2, 0) is 4.79 Å². The number of carbonyl (C=O) groups is 2. The monoisotopic (exact) mass is 385 g/mol. The van der Waals surface area contributed by atoms with Gasteiger partial charge >= 0.3 is 0 Å². The first-order chi connectivity index (χ1) is 13.6. The van der Waals surface area contributed by atoms with Gasteiger partial charge in [0, 0.05) is 51.2 Å². The molecule has 2 amide bonds. The van der Waals surface area contributed by atoms with Crippen LogP contribution in [-0.4, -0.2) is 81.8 Å². The van der Waals surface area contributed by atoms with Crippen LogP contribution in [0.5, 0.6) is 0 Å². The lowest BCUT2D eigenvalue weighted by Gasteiger charge is -2.42. The minimum Gasteiger partial charge on any atom is -0.342 e. The highest BCUT2D eigenvalue weighted by Crippen LogP contribution is 2.26. The van der Waals surface area contributed by atoms with E-state index in [9.17, 15) is 9.59 Å². The molecular formula is C21H31N5O2. The molecule has 1 atom stereocenters. The van der Waals surface area contributed by atoms with E-state index in [0.29, 0.717) is 23.3 Å². The Labute approximate surface area is 167 Å². The highest BCUT2D eigenvalue weighted by Gasteiger charge is 2.34. The van der Waals surface area contributed by atoms with Crippen LogP contribution in [0, 0.1) is 12.8 Å². The summed E-state index contributed by atoms with van der Waals surface area (Å²) in [7, 11) is 0. The van der Waals surface area contributed by atoms with Gasteiger partial charge in [0.05, 0.1) is 11.5 Å². The van der Waals surface area contributed by atoms with Crippen molar-refractivity contribution in [3.05, 3.63) is 23.8 Å². The van der Waals surface area contributed by atoms with Crippen molar-refractivity contribution >= 4 is 11.8 Å². The average Bonchev–Trinajstić information content (AvgIpc) is 3.28. The van der Waals surface area contributed by atoms with E-state index in [-0.39, 0.29) is 11.8 Å². The molecule has 0 radical (unpaired) electrons. The first-order valence-electron chi connectivity index (χ1n) is 10.7. The number of rotatable bonds is 3. The van der Waals surface area contributed by atoms with Crippen LogP contribution in [0.4, 0.5) is 0 Å². The third-order valence-electron chi connectivity index (χ3n) is 6.52. The van der Waals surface area contributed by atoms with Gasteiger partial charge in [0.2, 0.25) is 5.91 Å². The first kappa shape index (κ1) is 19.3. The van der Waals surface area contributed by atoms with Crippen molar-refractivity contribution in [3.8, 4) is 0 Å². The number of likely N-dealkylation sites (tertiary alicyclic amines) is 3. The fourth-order valence-electron chi connectivity index (χ4n) is 4.86. The molecular weight excluding hydrogens is 354 g/mol. The fourth-order valence-corrected chi connectivity index (χ4v) is 4.86. The number of carbonyl (C=O) groups excluding carboxylic acids is 2. The van der Waals surface area contributed by atoms with E-state index >= 15 is 0 Å². The maximum atomic E-state index is 12.8. The number of aryl methyl sites for hydroxylation is 1. The predicted octanol–water partition coefficient (Wildman–Crippen LogP) is 1.72. The number of hydrogen-bond acceptors (Lipinski definition) is 5. The SMILES string of the molecule is Cc1ncc(C(=O)N2CCC(N3CCC[C@H](C(=O)N4CCCC4)C3)CC2)cn1. The Kier molecular flexibility index (Phi) is 5.90. The Morgan fingerprint density at radius 1 is 0.893 bits per heavy atom. The largest absolute Gasteiger partial charge is 0.342 e. The van der Waals surface area contributed by atoms with Crippen molar-refractivity contribution in [3.63, 3.8) is 0 Å². The van der Waals surface area contributed by atoms with Gasteiger partial charge < -0.3 is 9.80 Å². The summed E-state index contributed by atoms with van der Waals surface area (Å²) in [5.74, 6) is 1.24. The molecule has 4 rings (SSSR count). The standard InChI is InChI=1S/C21H31N5O2/c1-16-22-13-18(14-23-16)21(28)25-11-6-19(7-12-25)26-10-4-5-17(15-26)20(27)24-8-2-3-9-24/h13-14,17,19H,2-12,15H2,1H3/t17-/m0/s1. The van der Waals surface area contributed by atoms with E-state index in [2.05, 4.69) is 19.8 Å². The van der Waals surface area contributed by atoms with Gasteiger partial charge in [-0.05, 0) is 52.0 Å². The lowest BCUT2D eigenvalue weighted by molar-refractivity contribution is -0.136. The third-order valence-corrected chi connectivity index (χ3v) is 6.52. The van der Waals surface area contributed by atoms with Gasteiger partial charge in [-0.3, -0.25) is 14.5 Å². The number of amides is 2. The van der Waals surface area contributed by atoms with E-state index in [1.165, 1.54) is 0 Å². The molecule has 0 N–H and O–H groups in total. The lowest BCUT2D eigenvalue weighted by atomic mass is 9.93. The Bertz CT molecular complexity index is 693. The molecule has 0 unspecified atom stereocenters. The van der Waals surface area contributed by atoms with Crippen LogP contribution in [0.1, 0.15) is 54.7 Å². The van der Waals surface area contributed by atoms with Gasteiger partial charge in [-0.1, -0.05) is 0 Å². The normalized spacial score (nSPS) is 24.5. The molecule has 3 saturated heterocycles. The average molecular weight is 386 g/mol. The topological polar surface area (TPSA) is 69.6 Å². The fraction of sp³-hybridized carbons (Fsp3) is 0.714. The summed E-state index contributed by atoms with van der Waals surface area (Å²) in [6.07, 6.45) is 9.63. The summed E-state index contributed by atoms with van der Waals surface area (Å²) in [6, 6.07) is 0.479. The summed E-state index contributed by atoms with van der Waals surface area (Å²) < 4.78 is 0. The second kappa shape index (κ2) is 8.55. The van der Waals surface area contributed by atoms with Crippen LogP contribution < -0.4 is 0 Å². The second-order valence-corrected chi connectivity index (χ2v) is 8.41. The summed E-state index contributed by atoms with van der Waals surface area (Å²) in [5, 5.41) is 0. The number of nitrogens with zero attached hydrogens (tertiary/aromatic N) is 5. The van der Waals surface area contributed by atoms with Crippen molar-refractivity contribution in [2.45, 2.75) is 51.5 Å². The van der Waals surface area contributed by atoms with Crippen molar-refractivity contribution in [1.29, 1.82) is 0 Å². The first-order valence-corrected chi connectivity index (χ1v) is 10.7. The van der Waals surface area contributed by atoms with Gasteiger partial charge in [-0.25, -0.2) is 9.97 Å². The molecule has 4 heterocycles. The van der Waals surface area contributed by atoms with E-state index in [1.54, 1.807) is 12.4 Å². The summed E-state index contributed by atoms with van der Waals surface area (Å²) >= 11 is 0. The number of piperidine rings is 2. The maximum absolute atomic E-state index is 12.8. The molecule has 3 aliphatic heterocycles. The molecule has 1 aromatic heterocycles. The van der Waals surface area contributed by atoms with E-state index in [1.807, 2.05) is 11.8 Å². The lowest BCUT2D eigenvalue weighted by Crippen LogP contribution is -2.51. The van der Waals surface area contributed by atoms with Crippen LogP contribution in [0.25, 0.3) is 0 Å². The summed E-state index contributed by atoms with van der Waals surface area (Å²) in [4.78, 5) is 40.2. The molecule has 3 aliphatic rings. The minimum absolute atomic E-state index is 0.0270. The summed E-state index contributed by atoms with van der Waals surface area (Å²) in [5.41, 5.74) is 0.568. The van der Waals surface area contributed by atoms with Gasteiger partial charge in [-0.15, -0.1) is 0 Å². The van der Waals surface area contributed by atoms with Gasteiger partial charge in [0.25, 0.3) is 5.91 Å². The molecule has 0 spiro atoms. The molecule has 0 saturated carbocycles. The molecule has 0 bridgehead atoms. The second-order valence-electron chi connectivity index (χ2n) is 8.41. The van der Waals surface area contributed by atoms with Gasteiger partial charge in [0.1, 0.15) is 5.82 Å². The number of hydrogen-bond donors (Lipinski definition) is 0. The van der Waals surface area contributed by atoms with Crippen molar-refractivity contribution in [2.75, 3.05) is 39.3 Å². The zero-order valence-electron chi connectivity index (χ0n) is 16.8. The van der Waals surface area contributed by atoms with E-state index < -0.39 is 0 Å². The van der Waals surface area contributed by atoms with Gasteiger partial charge in [0.15, 0.2) is 0 Å². The number of aromatic nitrogens is 2. The molecule has 3 fully saturated rings.